The lowest BCUT2D eigenvalue weighted by Gasteiger charge is -2.45. The molecule has 2 fully saturated rings. The Morgan fingerprint density at radius 3 is 2.03 bits per heavy atom. The lowest BCUT2D eigenvalue weighted by Crippen LogP contribution is -2.47. The van der Waals surface area contributed by atoms with Crippen molar-refractivity contribution >= 4 is 35.3 Å². The van der Waals surface area contributed by atoms with E-state index >= 15 is 0 Å². The number of ether oxygens (including phenoxy) is 1. The van der Waals surface area contributed by atoms with E-state index in [1.807, 2.05) is 35.7 Å². The lowest BCUT2D eigenvalue weighted by atomic mass is 9.66. The van der Waals surface area contributed by atoms with Gasteiger partial charge in [0.1, 0.15) is 11.2 Å². The van der Waals surface area contributed by atoms with E-state index < -0.39 is 5.41 Å². The van der Waals surface area contributed by atoms with Crippen LogP contribution in [0.15, 0.2) is 70.5 Å². The number of hydrogen-bond acceptors (Lipinski definition) is 5. The van der Waals surface area contributed by atoms with Crippen molar-refractivity contribution in [1.82, 2.24) is 0 Å². The van der Waals surface area contributed by atoms with Gasteiger partial charge in [0.2, 0.25) is 0 Å². The van der Waals surface area contributed by atoms with Crippen molar-refractivity contribution in [2.75, 3.05) is 7.11 Å². The van der Waals surface area contributed by atoms with Crippen molar-refractivity contribution < 1.29 is 14.3 Å². The van der Waals surface area contributed by atoms with Gasteiger partial charge >= 0.3 is 5.97 Å². The van der Waals surface area contributed by atoms with Crippen LogP contribution in [0.2, 0.25) is 0 Å². The van der Waals surface area contributed by atoms with Gasteiger partial charge < -0.3 is 4.74 Å². The second kappa shape index (κ2) is 9.19. The molecule has 2 saturated carbocycles. The second-order valence-electron chi connectivity index (χ2n) is 8.27. The molecular weight excluding hydrogens is 412 g/mol. The molecule has 0 heterocycles. The normalized spacial score (nSPS) is 25.8. The smallest absolute Gasteiger partial charge is 0.319 e. The summed E-state index contributed by atoms with van der Waals surface area (Å²) in [6.07, 6.45) is 5.71. The van der Waals surface area contributed by atoms with E-state index in [4.69, 9.17) is 4.74 Å². The van der Waals surface area contributed by atoms with Crippen LogP contribution >= 0.6 is 23.5 Å². The van der Waals surface area contributed by atoms with Crippen LogP contribution in [0.5, 0.6) is 0 Å². The summed E-state index contributed by atoms with van der Waals surface area (Å²) in [4.78, 5) is 28.4. The monoisotopic (exact) mass is 440 g/mol. The Hall–Kier alpha value is -1.72. The number of carbonyl (C=O) groups excluding carboxylic acids is 2. The number of ketones is 1. The van der Waals surface area contributed by atoms with Crippen LogP contribution in [-0.4, -0.2) is 22.9 Å². The highest BCUT2D eigenvalue weighted by Gasteiger charge is 2.57. The van der Waals surface area contributed by atoms with Crippen LogP contribution in [0.25, 0.3) is 0 Å². The fourth-order valence-corrected chi connectivity index (χ4v) is 8.37. The third-order valence-electron chi connectivity index (χ3n) is 6.48. The molecule has 0 bridgehead atoms. The number of esters is 1. The van der Waals surface area contributed by atoms with Crippen LogP contribution in [0.3, 0.4) is 0 Å². The van der Waals surface area contributed by atoms with Crippen molar-refractivity contribution in [3.8, 4) is 0 Å². The molecule has 3 nitrogen and oxygen atoms in total. The lowest BCUT2D eigenvalue weighted by molar-refractivity contribution is -0.161. The van der Waals surface area contributed by atoms with E-state index in [2.05, 4.69) is 48.5 Å². The minimum absolute atomic E-state index is 0.0288. The Morgan fingerprint density at radius 2 is 1.53 bits per heavy atom. The highest BCUT2D eigenvalue weighted by Crippen LogP contribution is 2.59. The third-order valence-corrected chi connectivity index (χ3v) is 9.48. The molecule has 0 aromatic heterocycles. The summed E-state index contributed by atoms with van der Waals surface area (Å²) in [6, 6.07) is 21.0. The van der Waals surface area contributed by atoms with Crippen LogP contribution in [0.4, 0.5) is 0 Å². The van der Waals surface area contributed by atoms with Gasteiger partial charge in [-0.3, -0.25) is 9.59 Å². The summed E-state index contributed by atoms with van der Waals surface area (Å²) in [5, 5.41) is 0. The molecule has 0 N–H and O–H groups in total. The fourth-order valence-electron chi connectivity index (χ4n) is 5.12. The Labute approximate surface area is 187 Å². The predicted molar refractivity (Wildman–Crippen MR) is 123 cm³/mol. The van der Waals surface area contributed by atoms with Gasteiger partial charge in [-0.2, -0.15) is 0 Å². The van der Waals surface area contributed by atoms with Gasteiger partial charge in [0.05, 0.1) is 11.2 Å². The van der Waals surface area contributed by atoms with Gasteiger partial charge in [0.15, 0.2) is 0 Å². The average molecular weight is 441 g/mol. The minimum Gasteiger partial charge on any atom is -0.468 e. The van der Waals surface area contributed by atoms with E-state index in [0.717, 1.165) is 32.1 Å². The molecule has 30 heavy (non-hydrogen) atoms. The number of hydrogen-bond donors (Lipinski definition) is 0. The summed E-state index contributed by atoms with van der Waals surface area (Å²) in [5.74, 6) is -0.203. The molecule has 2 unspecified atom stereocenters. The van der Waals surface area contributed by atoms with Crippen LogP contribution in [-0.2, 0) is 14.3 Å². The number of carbonyl (C=O) groups is 2. The van der Waals surface area contributed by atoms with E-state index in [-0.39, 0.29) is 21.7 Å². The molecule has 5 heteroatoms. The molecule has 0 radical (unpaired) electrons. The molecule has 4 rings (SSSR count). The molecule has 2 aliphatic rings. The highest BCUT2D eigenvalue weighted by atomic mass is 32.2. The SMILES string of the molecule is COC(=O)C1(C2CCCC(Sc3ccccc3)(Sc3ccccc3)C2)CCCC1=O. The number of benzene rings is 2. The Kier molecular flexibility index (Phi) is 6.59. The largest absolute Gasteiger partial charge is 0.468 e. The van der Waals surface area contributed by atoms with Crippen molar-refractivity contribution in [2.45, 2.75) is 58.8 Å². The molecule has 158 valence electrons. The molecule has 2 atom stereocenters. The summed E-state index contributed by atoms with van der Waals surface area (Å²) in [5.41, 5.74) is -0.949. The topological polar surface area (TPSA) is 43.4 Å². The van der Waals surface area contributed by atoms with Crippen molar-refractivity contribution in [1.29, 1.82) is 0 Å². The van der Waals surface area contributed by atoms with Gasteiger partial charge in [-0.25, -0.2) is 0 Å². The number of thioether (sulfide) groups is 2. The summed E-state index contributed by atoms with van der Waals surface area (Å²) >= 11 is 3.78. The van der Waals surface area contributed by atoms with Gasteiger partial charge in [-0.1, -0.05) is 42.8 Å². The Balaban J connectivity index is 1.69. The molecular formula is C25H28O3S2. The van der Waals surface area contributed by atoms with Crippen LogP contribution in [0.1, 0.15) is 44.9 Å². The van der Waals surface area contributed by atoms with E-state index in [1.165, 1.54) is 16.9 Å². The zero-order valence-electron chi connectivity index (χ0n) is 17.3. The molecule has 0 saturated heterocycles. The second-order valence-corrected chi connectivity index (χ2v) is 11.4. The van der Waals surface area contributed by atoms with E-state index in [9.17, 15) is 9.59 Å². The molecule has 0 aliphatic heterocycles. The first-order valence-corrected chi connectivity index (χ1v) is 12.3. The summed E-state index contributed by atoms with van der Waals surface area (Å²) < 4.78 is 5.08. The first-order chi connectivity index (χ1) is 14.6. The Morgan fingerprint density at radius 1 is 0.933 bits per heavy atom. The van der Waals surface area contributed by atoms with Gasteiger partial charge in [-0.05, 0) is 62.3 Å². The quantitative estimate of drug-likeness (QED) is 0.297. The highest BCUT2D eigenvalue weighted by molar-refractivity contribution is 8.18. The van der Waals surface area contributed by atoms with E-state index in [0.29, 0.717) is 12.8 Å². The minimum atomic E-state index is -0.949. The predicted octanol–water partition coefficient (Wildman–Crippen LogP) is 6.37. The van der Waals surface area contributed by atoms with Crippen molar-refractivity contribution in [3.05, 3.63) is 60.7 Å². The maximum Gasteiger partial charge on any atom is 0.319 e. The summed E-state index contributed by atoms with van der Waals surface area (Å²) in [6.45, 7) is 0. The maximum atomic E-state index is 13.0. The van der Waals surface area contributed by atoms with Crippen LogP contribution in [0, 0.1) is 11.3 Å². The number of rotatable bonds is 6. The average Bonchev–Trinajstić information content (AvgIpc) is 3.17. The van der Waals surface area contributed by atoms with Gasteiger partial charge in [0.25, 0.3) is 0 Å². The van der Waals surface area contributed by atoms with Gasteiger partial charge in [0, 0.05) is 16.2 Å². The fraction of sp³-hybridized carbons (Fsp3) is 0.440. The number of Topliss-reactive ketones (excluding diaryl/α,β-unsaturated/α-hetero) is 1. The zero-order chi connectivity index (χ0) is 21.0. The first-order valence-electron chi connectivity index (χ1n) is 10.7. The summed E-state index contributed by atoms with van der Waals surface area (Å²) in [7, 11) is 1.42. The molecule has 0 spiro atoms. The Bertz CT molecular complexity index is 842. The first kappa shape index (κ1) is 21.5. The molecule has 2 aliphatic carbocycles. The zero-order valence-corrected chi connectivity index (χ0v) is 19.0. The standard InChI is InChI=1S/C25H28O3S2/c1-28-23(27)25(17-9-15-22(25)26)19-10-8-16-24(18-19,29-20-11-4-2-5-12-20)30-21-13-6-3-7-14-21/h2-7,11-14,19H,8-10,15-18H2,1H3. The molecule has 2 aromatic carbocycles. The third kappa shape index (κ3) is 4.19. The number of methoxy groups -OCH3 is 1. The van der Waals surface area contributed by atoms with E-state index in [1.54, 1.807) is 0 Å². The van der Waals surface area contributed by atoms with Crippen molar-refractivity contribution in [2.24, 2.45) is 11.3 Å². The molecule has 2 aromatic rings. The van der Waals surface area contributed by atoms with Crippen molar-refractivity contribution in [3.63, 3.8) is 0 Å². The molecule has 0 amide bonds. The maximum absolute atomic E-state index is 13.0. The van der Waals surface area contributed by atoms with Gasteiger partial charge in [-0.15, -0.1) is 23.5 Å². The van der Waals surface area contributed by atoms with Crippen LogP contribution < -0.4 is 0 Å².